The van der Waals surface area contributed by atoms with Gasteiger partial charge in [-0.2, -0.15) is 0 Å². The summed E-state index contributed by atoms with van der Waals surface area (Å²) in [7, 11) is 0. The fraction of sp³-hybridized carbons (Fsp3) is 0.667. The number of ether oxygens (including phenoxy) is 1. The van der Waals surface area contributed by atoms with Crippen molar-refractivity contribution in [3.8, 4) is 0 Å². The van der Waals surface area contributed by atoms with Gasteiger partial charge in [0.2, 0.25) is 0 Å². The molecule has 0 fully saturated rings. The van der Waals surface area contributed by atoms with Gasteiger partial charge in [-0.3, -0.25) is 9.59 Å². The summed E-state index contributed by atoms with van der Waals surface area (Å²) in [4.78, 5) is 20.4. The van der Waals surface area contributed by atoms with Crippen LogP contribution in [0.1, 0.15) is 6.92 Å². The second kappa shape index (κ2) is 4.81. The van der Waals surface area contributed by atoms with Crippen molar-refractivity contribution in [1.82, 2.24) is 0 Å². The van der Waals surface area contributed by atoms with Crippen LogP contribution in [-0.4, -0.2) is 36.1 Å². The Labute approximate surface area is 64.1 Å². The average molecular weight is 161 g/mol. The molecule has 0 amide bonds. The smallest absolute Gasteiger partial charge is 0.322 e. The number of hydrogen-bond donors (Lipinski definition) is 2. The number of aliphatic carboxylic acids is 1. The molecule has 0 heterocycles. The molecule has 0 aliphatic carbocycles. The summed E-state index contributed by atoms with van der Waals surface area (Å²) >= 11 is 0. The average Bonchev–Trinajstić information content (AvgIpc) is 1.86. The highest BCUT2D eigenvalue weighted by atomic mass is 16.5. The van der Waals surface area contributed by atoms with E-state index in [2.05, 4.69) is 4.74 Å². The molecule has 5 nitrogen and oxygen atoms in total. The largest absolute Gasteiger partial charge is 0.480 e. The van der Waals surface area contributed by atoms with E-state index in [-0.39, 0.29) is 19.0 Å². The van der Waals surface area contributed by atoms with E-state index in [1.807, 2.05) is 0 Å². The first kappa shape index (κ1) is 10.1. The van der Waals surface area contributed by atoms with E-state index < -0.39 is 12.0 Å². The molecule has 0 spiro atoms. The normalized spacial score (nSPS) is 12.5. The monoisotopic (exact) mass is 161 g/mol. The summed E-state index contributed by atoms with van der Waals surface area (Å²) in [6, 6.07) is -1.05. The van der Waals surface area contributed by atoms with E-state index in [0.29, 0.717) is 0 Å². The number of carbonyl (C=O) groups excluding carboxylic acids is 1. The first-order chi connectivity index (χ1) is 5.04. The van der Waals surface area contributed by atoms with Gasteiger partial charge in [-0.1, -0.05) is 0 Å². The van der Waals surface area contributed by atoms with Gasteiger partial charge in [0.1, 0.15) is 12.6 Å². The van der Waals surface area contributed by atoms with Gasteiger partial charge in [-0.05, 0) is 6.92 Å². The molecule has 0 saturated carbocycles. The summed E-state index contributed by atoms with van der Waals surface area (Å²) < 4.78 is 4.66. The Balaban J connectivity index is 3.39. The molecule has 0 aromatic heterocycles. The van der Waals surface area contributed by atoms with Crippen LogP contribution in [0.5, 0.6) is 0 Å². The fourth-order valence-corrected chi connectivity index (χ4v) is 0.401. The molecule has 64 valence electrons. The minimum absolute atomic E-state index is 0.0824. The molecule has 11 heavy (non-hydrogen) atoms. The number of rotatable bonds is 5. The fourth-order valence-electron chi connectivity index (χ4n) is 0.401. The second-order valence-electron chi connectivity index (χ2n) is 2.16. The van der Waals surface area contributed by atoms with Crippen molar-refractivity contribution in [3.63, 3.8) is 0 Å². The van der Waals surface area contributed by atoms with Gasteiger partial charge in [0, 0.05) is 0 Å². The molecule has 0 radical (unpaired) electrons. The van der Waals surface area contributed by atoms with Gasteiger partial charge in [0.15, 0.2) is 5.78 Å². The summed E-state index contributed by atoms with van der Waals surface area (Å²) in [5.74, 6) is -1.28. The molecule has 5 heteroatoms. The molecule has 3 N–H and O–H groups in total. The lowest BCUT2D eigenvalue weighted by Crippen LogP contribution is -2.35. The first-order valence-corrected chi connectivity index (χ1v) is 3.09. The number of carboxylic acids is 1. The highest BCUT2D eigenvalue weighted by Gasteiger charge is 2.10. The van der Waals surface area contributed by atoms with Crippen molar-refractivity contribution in [2.45, 2.75) is 13.0 Å². The predicted octanol–water partition coefficient (Wildman–Crippen LogP) is -0.996. The Bertz CT molecular complexity index is 157. The maximum atomic E-state index is 10.3. The van der Waals surface area contributed by atoms with E-state index in [0.717, 1.165) is 0 Å². The van der Waals surface area contributed by atoms with Crippen LogP contribution in [0.3, 0.4) is 0 Å². The summed E-state index contributed by atoms with van der Waals surface area (Å²) in [6.07, 6.45) is 0. The van der Waals surface area contributed by atoms with Crippen molar-refractivity contribution in [3.05, 3.63) is 0 Å². The molecule has 1 atom stereocenters. The predicted molar refractivity (Wildman–Crippen MR) is 37.1 cm³/mol. The van der Waals surface area contributed by atoms with Gasteiger partial charge in [0.25, 0.3) is 0 Å². The van der Waals surface area contributed by atoms with Crippen molar-refractivity contribution in [1.29, 1.82) is 0 Å². The number of ketones is 1. The lowest BCUT2D eigenvalue weighted by atomic mass is 10.3. The Morgan fingerprint density at radius 2 is 2.18 bits per heavy atom. The third-order valence-electron chi connectivity index (χ3n) is 0.920. The highest BCUT2D eigenvalue weighted by molar-refractivity contribution is 5.77. The maximum Gasteiger partial charge on any atom is 0.322 e. The SMILES string of the molecule is CC(=O)COCC(N)C(=O)O. The first-order valence-electron chi connectivity index (χ1n) is 3.09. The zero-order valence-corrected chi connectivity index (χ0v) is 6.24. The molecular formula is C6H11NO4. The Hall–Kier alpha value is -0.940. The van der Waals surface area contributed by atoms with Gasteiger partial charge in [-0.25, -0.2) is 0 Å². The van der Waals surface area contributed by atoms with E-state index in [1.54, 1.807) is 0 Å². The van der Waals surface area contributed by atoms with Crippen LogP contribution in [0.25, 0.3) is 0 Å². The Morgan fingerprint density at radius 1 is 1.64 bits per heavy atom. The minimum atomic E-state index is -1.13. The number of hydrogen-bond acceptors (Lipinski definition) is 4. The molecule has 0 aromatic carbocycles. The van der Waals surface area contributed by atoms with Crippen molar-refractivity contribution >= 4 is 11.8 Å². The number of Topliss-reactive ketones (excluding diaryl/α,β-unsaturated/α-hetero) is 1. The number of carbonyl (C=O) groups is 2. The van der Waals surface area contributed by atoms with Crippen LogP contribution >= 0.6 is 0 Å². The van der Waals surface area contributed by atoms with Crippen LogP contribution in [0, 0.1) is 0 Å². The van der Waals surface area contributed by atoms with Crippen LogP contribution in [0.2, 0.25) is 0 Å². The van der Waals surface area contributed by atoms with Gasteiger partial charge in [-0.15, -0.1) is 0 Å². The third kappa shape index (κ3) is 5.50. The molecule has 0 saturated heterocycles. The molecule has 0 bridgehead atoms. The maximum absolute atomic E-state index is 10.3. The number of carboxylic acid groups (broad SMARTS) is 1. The van der Waals surface area contributed by atoms with Crippen LogP contribution in [0.4, 0.5) is 0 Å². The second-order valence-corrected chi connectivity index (χ2v) is 2.16. The molecule has 0 aliphatic rings. The molecule has 0 rings (SSSR count). The van der Waals surface area contributed by atoms with Crippen LogP contribution in [-0.2, 0) is 14.3 Å². The van der Waals surface area contributed by atoms with Crippen LogP contribution in [0.15, 0.2) is 0 Å². The topological polar surface area (TPSA) is 89.6 Å². The summed E-state index contributed by atoms with van der Waals surface area (Å²) in [6.45, 7) is 1.14. The number of nitrogens with two attached hydrogens (primary N) is 1. The lowest BCUT2D eigenvalue weighted by Gasteiger charge is -2.05. The van der Waals surface area contributed by atoms with E-state index in [9.17, 15) is 9.59 Å². The zero-order valence-electron chi connectivity index (χ0n) is 6.24. The summed E-state index contributed by atoms with van der Waals surface area (Å²) in [5, 5.41) is 8.26. The minimum Gasteiger partial charge on any atom is -0.480 e. The standard InChI is InChI=1S/C6H11NO4/c1-4(8)2-11-3-5(7)6(9)10/h5H,2-3,7H2,1H3,(H,9,10). The Morgan fingerprint density at radius 3 is 2.55 bits per heavy atom. The lowest BCUT2D eigenvalue weighted by molar-refractivity contribution is -0.140. The van der Waals surface area contributed by atoms with Crippen molar-refractivity contribution in [2.24, 2.45) is 5.73 Å². The summed E-state index contributed by atoms with van der Waals surface area (Å²) in [5.41, 5.74) is 5.07. The third-order valence-corrected chi connectivity index (χ3v) is 0.920. The van der Waals surface area contributed by atoms with Crippen molar-refractivity contribution < 1.29 is 19.4 Å². The molecule has 0 aromatic rings. The van der Waals surface area contributed by atoms with Crippen LogP contribution < -0.4 is 5.73 Å². The van der Waals surface area contributed by atoms with E-state index in [1.165, 1.54) is 6.92 Å². The van der Waals surface area contributed by atoms with Crippen molar-refractivity contribution in [2.75, 3.05) is 13.2 Å². The molecule has 1 unspecified atom stereocenters. The van der Waals surface area contributed by atoms with Gasteiger partial charge in [0.05, 0.1) is 6.61 Å². The van der Waals surface area contributed by atoms with E-state index in [4.69, 9.17) is 10.8 Å². The zero-order chi connectivity index (χ0) is 8.85. The van der Waals surface area contributed by atoms with Gasteiger partial charge >= 0.3 is 5.97 Å². The van der Waals surface area contributed by atoms with E-state index >= 15 is 0 Å². The van der Waals surface area contributed by atoms with Gasteiger partial charge < -0.3 is 15.6 Å². The quantitative estimate of drug-likeness (QED) is 0.540. The highest BCUT2D eigenvalue weighted by Crippen LogP contribution is 1.82. The molecule has 0 aliphatic heterocycles. The Kier molecular flexibility index (Phi) is 4.40. The molecular weight excluding hydrogens is 150 g/mol.